The summed E-state index contributed by atoms with van der Waals surface area (Å²) in [4.78, 5) is 37.6. The molecule has 3 rings (SSSR count). The van der Waals surface area contributed by atoms with Crippen LogP contribution >= 0.6 is 39.0 Å². The molecule has 0 radical (unpaired) electrons. The van der Waals surface area contributed by atoms with Crippen LogP contribution in [0.2, 0.25) is 0 Å². The molecule has 6 nitrogen and oxygen atoms in total. The number of nitrogens with zero attached hydrogens (tertiary/aromatic N) is 1. The Bertz CT molecular complexity index is 674. The third kappa shape index (κ3) is 2.68. The standard InChI is InChI=1S/C13H11BrN2O4S2/c14-7-5-22-12-9(11(18)16(12)10(7)13(19)20)15-8(17)4-6-2-1-3-21-6/h1-3,9,12H,4-5H2,(H,15,17)(H,19,20)/t9?,12-/m0/s1. The first-order valence-electron chi connectivity index (χ1n) is 6.37. The highest BCUT2D eigenvalue weighted by Crippen LogP contribution is 2.41. The molecule has 0 aromatic carbocycles. The summed E-state index contributed by atoms with van der Waals surface area (Å²) in [6.45, 7) is 0. The summed E-state index contributed by atoms with van der Waals surface area (Å²) in [5.74, 6) is -1.29. The number of hydrogen-bond acceptors (Lipinski definition) is 5. The minimum Gasteiger partial charge on any atom is -0.477 e. The molecule has 3 heterocycles. The van der Waals surface area contributed by atoms with Crippen molar-refractivity contribution < 1.29 is 19.5 Å². The molecule has 0 spiro atoms. The Morgan fingerprint density at radius 3 is 2.91 bits per heavy atom. The van der Waals surface area contributed by atoms with E-state index in [1.165, 1.54) is 28.0 Å². The van der Waals surface area contributed by atoms with Crippen molar-refractivity contribution in [3.8, 4) is 0 Å². The predicted octanol–water partition coefficient (Wildman–Crippen LogP) is 1.38. The molecule has 116 valence electrons. The number of carboxylic acids is 1. The van der Waals surface area contributed by atoms with Gasteiger partial charge in [0.15, 0.2) is 0 Å². The van der Waals surface area contributed by atoms with Gasteiger partial charge in [-0.3, -0.25) is 14.5 Å². The van der Waals surface area contributed by atoms with E-state index in [1.54, 1.807) is 0 Å². The molecule has 1 aromatic rings. The quantitative estimate of drug-likeness (QED) is 0.742. The van der Waals surface area contributed by atoms with Gasteiger partial charge in [0.2, 0.25) is 5.91 Å². The maximum atomic E-state index is 12.2. The number of nitrogens with one attached hydrogen (secondary N) is 1. The summed E-state index contributed by atoms with van der Waals surface area (Å²) in [6.07, 6.45) is 0.226. The van der Waals surface area contributed by atoms with Crippen LogP contribution in [0.1, 0.15) is 4.88 Å². The predicted molar refractivity (Wildman–Crippen MR) is 86.6 cm³/mol. The van der Waals surface area contributed by atoms with Crippen LogP contribution in [0.4, 0.5) is 0 Å². The van der Waals surface area contributed by atoms with Gasteiger partial charge in [0.1, 0.15) is 17.1 Å². The number of carbonyl (C=O) groups excluding carboxylic acids is 2. The van der Waals surface area contributed by atoms with Crippen molar-refractivity contribution in [3.63, 3.8) is 0 Å². The lowest BCUT2D eigenvalue weighted by Crippen LogP contribution is -2.70. The van der Waals surface area contributed by atoms with Crippen molar-refractivity contribution in [2.75, 3.05) is 5.75 Å². The molecule has 9 heteroatoms. The maximum Gasteiger partial charge on any atom is 0.353 e. The van der Waals surface area contributed by atoms with Crippen LogP contribution in [0.15, 0.2) is 27.7 Å². The zero-order valence-electron chi connectivity index (χ0n) is 11.1. The summed E-state index contributed by atoms with van der Waals surface area (Å²) in [7, 11) is 0. The van der Waals surface area contributed by atoms with Gasteiger partial charge < -0.3 is 10.4 Å². The van der Waals surface area contributed by atoms with E-state index < -0.39 is 12.0 Å². The molecule has 1 fully saturated rings. The fourth-order valence-electron chi connectivity index (χ4n) is 2.38. The molecule has 2 aliphatic rings. The van der Waals surface area contributed by atoms with Crippen LogP contribution < -0.4 is 5.32 Å². The normalized spacial score (nSPS) is 23.9. The summed E-state index contributed by atoms with van der Waals surface area (Å²) < 4.78 is 0.484. The van der Waals surface area contributed by atoms with Gasteiger partial charge in [-0.1, -0.05) is 22.0 Å². The van der Waals surface area contributed by atoms with Crippen LogP contribution in [0, 0.1) is 0 Å². The number of fused-ring (bicyclic) bond motifs is 1. The molecule has 2 aliphatic heterocycles. The molecule has 0 saturated carbocycles. The highest BCUT2D eigenvalue weighted by atomic mass is 79.9. The molecule has 1 unspecified atom stereocenters. The number of hydrogen-bond donors (Lipinski definition) is 2. The lowest BCUT2D eigenvalue weighted by Gasteiger charge is -2.48. The van der Waals surface area contributed by atoms with Gasteiger partial charge in [0, 0.05) is 15.1 Å². The molecule has 2 N–H and O–H groups in total. The highest BCUT2D eigenvalue weighted by Gasteiger charge is 2.53. The molecule has 2 amide bonds. The van der Waals surface area contributed by atoms with Crippen molar-refractivity contribution in [2.24, 2.45) is 0 Å². The van der Waals surface area contributed by atoms with Crippen molar-refractivity contribution in [2.45, 2.75) is 17.8 Å². The number of rotatable bonds is 4. The van der Waals surface area contributed by atoms with Crippen molar-refractivity contribution in [3.05, 3.63) is 32.6 Å². The number of carbonyl (C=O) groups is 3. The Balaban J connectivity index is 1.68. The second-order valence-corrected chi connectivity index (χ2v) is 7.86. The maximum absolute atomic E-state index is 12.2. The lowest BCUT2D eigenvalue weighted by molar-refractivity contribution is -0.150. The monoisotopic (exact) mass is 402 g/mol. The van der Waals surface area contributed by atoms with Crippen molar-refractivity contribution in [1.82, 2.24) is 10.2 Å². The summed E-state index contributed by atoms with van der Waals surface area (Å²) >= 11 is 6.10. The summed E-state index contributed by atoms with van der Waals surface area (Å²) in [5, 5.41) is 13.4. The fraction of sp³-hybridized carbons (Fsp3) is 0.308. The molecular formula is C13H11BrN2O4S2. The van der Waals surface area contributed by atoms with Crippen LogP contribution in [0.3, 0.4) is 0 Å². The number of halogens is 1. The second kappa shape index (κ2) is 6.05. The smallest absolute Gasteiger partial charge is 0.353 e. The Hall–Kier alpha value is -1.32. The highest BCUT2D eigenvalue weighted by molar-refractivity contribution is 9.11. The molecule has 0 bridgehead atoms. The van der Waals surface area contributed by atoms with E-state index >= 15 is 0 Å². The Morgan fingerprint density at radius 2 is 2.27 bits per heavy atom. The fourth-order valence-corrected chi connectivity index (χ4v) is 5.03. The van der Waals surface area contributed by atoms with E-state index in [-0.39, 0.29) is 29.3 Å². The molecule has 1 aromatic heterocycles. The van der Waals surface area contributed by atoms with Crippen LogP contribution in [0.5, 0.6) is 0 Å². The van der Waals surface area contributed by atoms with Gasteiger partial charge in [0.05, 0.1) is 6.42 Å². The zero-order chi connectivity index (χ0) is 15.9. The first-order chi connectivity index (χ1) is 10.5. The first kappa shape index (κ1) is 15.6. The van der Waals surface area contributed by atoms with Crippen LogP contribution in [-0.4, -0.2) is 45.0 Å². The number of thioether (sulfide) groups is 1. The molecule has 22 heavy (non-hydrogen) atoms. The number of β-lactam (4-membered cyclic amide) rings is 1. The average molecular weight is 403 g/mol. The van der Waals surface area contributed by atoms with E-state index in [9.17, 15) is 19.5 Å². The van der Waals surface area contributed by atoms with Crippen molar-refractivity contribution in [1.29, 1.82) is 0 Å². The first-order valence-corrected chi connectivity index (χ1v) is 9.09. The number of thiophene rings is 1. The van der Waals surface area contributed by atoms with Gasteiger partial charge >= 0.3 is 5.97 Å². The minimum absolute atomic E-state index is 0.0301. The van der Waals surface area contributed by atoms with E-state index in [0.29, 0.717) is 10.2 Å². The average Bonchev–Trinajstić information content (AvgIpc) is 2.97. The van der Waals surface area contributed by atoms with Gasteiger partial charge in [-0.2, -0.15) is 0 Å². The zero-order valence-corrected chi connectivity index (χ0v) is 14.3. The summed E-state index contributed by atoms with van der Waals surface area (Å²) in [5.41, 5.74) is -0.0301. The van der Waals surface area contributed by atoms with Gasteiger partial charge in [-0.25, -0.2) is 4.79 Å². The largest absolute Gasteiger partial charge is 0.477 e. The third-order valence-electron chi connectivity index (χ3n) is 3.36. The SMILES string of the molecule is O=C(Cc1cccs1)NC1C(=O)N2C(C(=O)O)=C(Br)CS[C@@H]12. The van der Waals surface area contributed by atoms with Crippen molar-refractivity contribution >= 4 is 56.8 Å². The van der Waals surface area contributed by atoms with Crippen LogP contribution in [-0.2, 0) is 20.8 Å². The molecule has 1 saturated heterocycles. The third-order valence-corrected chi connectivity index (χ3v) is 6.54. The van der Waals surface area contributed by atoms with Gasteiger partial charge in [-0.15, -0.1) is 23.1 Å². The van der Waals surface area contributed by atoms with E-state index in [4.69, 9.17) is 0 Å². The topological polar surface area (TPSA) is 86.7 Å². The minimum atomic E-state index is -1.14. The summed E-state index contributed by atoms with van der Waals surface area (Å²) in [6, 6.07) is 3.06. The lowest BCUT2D eigenvalue weighted by atomic mass is 10.0. The number of amides is 2. The Labute approximate surface area is 142 Å². The molecule has 2 atom stereocenters. The Morgan fingerprint density at radius 1 is 1.50 bits per heavy atom. The number of aliphatic carboxylic acids is 1. The van der Waals surface area contributed by atoms with E-state index in [0.717, 1.165) is 4.88 Å². The Kier molecular flexibility index (Phi) is 4.28. The van der Waals surface area contributed by atoms with E-state index in [2.05, 4.69) is 21.2 Å². The van der Waals surface area contributed by atoms with Gasteiger partial charge in [0.25, 0.3) is 5.91 Å². The second-order valence-electron chi connectivity index (χ2n) is 4.77. The molecule has 0 aliphatic carbocycles. The van der Waals surface area contributed by atoms with Gasteiger partial charge in [-0.05, 0) is 11.4 Å². The molecular weight excluding hydrogens is 392 g/mol. The van der Waals surface area contributed by atoms with E-state index in [1.807, 2.05) is 17.5 Å². The van der Waals surface area contributed by atoms with Crippen LogP contribution in [0.25, 0.3) is 0 Å². The number of carboxylic acid groups (broad SMARTS) is 1.